The molecule has 2 aromatic heterocycles. The Hall–Kier alpha value is -2.66. The average molecular weight is 421 g/mol. The van der Waals surface area contributed by atoms with Crippen molar-refractivity contribution in [3.63, 3.8) is 0 Å². The number of carbonyl (C=O) groups excluding carboxylic acids is 1. The zero-order valence-electron chi connectivity index (χ0n) is 19.8. The van der Waals surface area contributed by atoms with Crippen LogP contribution in [0.4, 0.5) is 0 Å². The van der Waals surface area contributed by atoms with Gasteiger partial charge in [0.2, 0.25) is 0 Å². The molecule has 1 atom stereocenters. The van der Waals surface area contributed by atoms with Gasteiger partial charge < -0.3 is 14.2 Å². The van der Waals surface area contributed by atoms with Crippen molar-refractivity contribution < 1.29 is 4.79 Å². The van der Waals surface area contributed by atoms with E-state index in [0.29, 0.717) is 5.92 Å². The van der Waals surface area contributed by atoms with Crippen LogP contribution in [0.2, 0.25) is 0 Å². The van der Waals surface area contributed by atoms with Crippen LogP contribution in [0, 0.1) is 12.8 Å². The van der Waals surface area contributed by atoms with E-state index in [1.54, 1.807) is 6.08 Å². The minimum atomic E-state index is 0.0340. The predicted molar refractivity (Wildman–Crippen MR) is 129 cm³/mol. The van der Waals surface area contributed by atoms with Crippen LogP contribution in [0.3, 0.4) is 0 Å². The lowest BCUT2D eigenvalue weighted by atomic mass is 9.88. The van der Waals surface area contributed by atoms with E-state index < -0.39 is 0 Å². The van der Waals surface area contributed by atoms with E-state index in [4.69, 9.17) is 0 Å². The van der Waals surface area contributed by atoms with E-state index in [1.807, 2.05) is 61.5 Å². The topological polar surface area (TPSA) is 40.9 Å². The number of imidazole rings is 1. The number of hydrogen-bond donors (Lipinski definition) is 0. The van der Waals surface area contributed by atoms with E-state index in [1.165, 1.54) is 5.57 Å². The van der Waals surface area contributed by atoms with Crippen LogP contribution in [-0.2, 0) is 4.79 Å². The summed E-state index contributed by atoms with van der Waals surface area (Å²) in [6, 6.07) is 4.09. The first-order chi connectivity index (χ1) is 14.9. The highest BCUT2D eigenvalue weighted by Crippen LogP contribution is 2.29. The van der Waals surface area contributed by atoms with Crippen molar-refractivity contribution >= 4 is 17.1 Å². The molecule has 2 aliphatic rings. The number of allylic oxidation sites excluding steroid dienone is 3. The SMILES string of the molecule is C/C(=C\C(=O)N1C=C(C2CCN(C)CC2)C=CC1C)c1ccc2nc(C)cn2c1.CC. The zero-order chi connectivity index (χ0) is 22.5. The maximum atomic E-state index is 13.1. The molecular formula is C26H36N4O. The Bertz CT molecular complexity index is 1010. The predicted octanol–water partition coefficient (Wildman–Crippen LogP) is 5.08. The number of likely N-dealkylation sites (tertiary alicyclic amines) is 1. The Morgan fingerprint density at radius 3 is 2.58 bits per heavy atom. The van der Waals surface area contributed by atoms with Gasteiger partial charge in [0.25, 0.3) is 5.91 Å². The third-order valence-electron chi connectivity index (χ3n) is 6.11. The van der Waals surface area contributed by atoms with Gasteiger partial charge >= 0.3 is 0 Å². The molecule has 166 valence electrons. The molecule has 5 heteroatoms. The van der Waals surface area contributed by atoms with Crippen molar-refractivity contribution in [2.24, 2.45) is 5.92 Å². The molecule has 2 aromatic rings. The average Bonchev–Trinajstić information content (AvgIpc) is 3.15. The van der Waals surface area contributed by atoms with Gasteiger partial charge in [-0.05, 0) is 88.5 Å². The van der Waals surface area contributed by atoms with Crippen LogP contribution in [0.5, 0.6) is 0 Å². The maximum Gasteiger partial charge on any atom is 0.251 e. The smallest absolute Gasteiger partial charge is 0.251 e. The van der Waals surface area contributed by atoms with Gasteiger partial charge in [-0.3, -0.25) is 4.79 Å². The monoisotopic (exact) mass is 420 g/mol. The van der Waals surface area contributed by atoms with Crippen LogP contribution < -0.4 is 0 Å². The Morgan fingerprint density at radius 1 is 1.16 bits per heavy atom. The molecule has 1 amide bonds. The number of pyridine rings is 1. The largest absolute Gasteiger partial charge is 0.309 e. The standard InChI is InChI=1S/C24H30N4O.C2H6/c1-17(21-7-8-23-25-18(2)14-27(23)15-21)13-24(29)28-16-22(6-5-19(28)3)20-9-11-26(4)12-10-20;1-2/h5-8,13-16,19-20H,9-12H2,1-4H3;1-2H3/b17-13+;. The summed E-state index contributed by atoms with van der Waals surface area (Å²) in [4.78, 5) is 21.8. The quantitative estimate of drug-likeness (QED) is 0.650. The van der Waals surface area contributed by atoms with E-state index >= 15 is 0 Å². The molecule has 1 fully saturated rings. The third-order valence-corrected chi connectivity index (χ3v) is 6.11. The van der Waals surface area contributed by atoms with Crippen LogP contribution in [0.15, 0.2) is 54.5 Å². The molecule has 0 radical (unpaired) electrons. The summed E-state index contributed by atoms with van der Waals surface area (Å²) >= 11 is 0. The highest BCUT2D eigenvalue weighted by atomic mass is 16.2. The van der Waals surface area contributed by atoms with E-state index in [2.05, 4.69) is 42.2 Å². The number of aromatic nitrogens is 2. The number of hydrogen-bond acceptors (Lipinski definition) is 3. The van der Waals surface area contributed by atoms with Crippen molar-refractivity contribution in [1.29, 1.82) is 0 Å². The van der Waals surface area contributed by atoms with Gasteiger partial charge in [-0.25, -0.2) is 4.98 Å². The maximum absolute atomic E-state index is 13.1. The molecule has 0 aromatic carbocycles. The molecule has 0 aliphatic carbocycles. The van der Waals surface area contributed by atoms with Crippen molar-refractivity contribution in [3.05, 3.63) is 65.8 Å². The van der Waals surface area contributed by atoms with E-state index in [9.17, 15) is 4.79 Å². The lowest BCUT2D eigenvalue weighted by molar-refractivity contribution is -0.124. The van der Waals surface area contributed by atoms with Crippen LogP contribution in [-0.4, -0.2) is 51.3 Å². The first-order valence-electron chi connectivity index (χ1n) is 11.5. The molecule has 31 heavy (non-hydrogen) atoms. The summed E-state index contributed by atoms with van der Waals surface area (Å²) < 4.78 is 2.01. The number of rotatable bonds is 3. The Balaban J connectivity index is 0.00000132. The van der Waals surface area contributed by atoms with Crippen LogP contribution in [0.25, 0.3) is 11.2 Å². The number of aryl methyl sites for hydroxylation is 1. The fourth-order valence-electron chi connectivity index (χ4n) is 4.21. The summed E-state index contributed by atoms with van der Waals surface area (Å²) in [5, 5.41) is 0. The molecule has 0 N–H and O–H groups in total. The second-order valence-electron chi connectivity index (χ2n) is 8.44. The molecule has 1 unspecified atom stereocenters. The summed E-state index contributed by atoms with van der Waals surface area (Å²) in [5.41, 5.74) is 5.18. The molecule has 4 rings (SSSR count). The lowest BCUT2D eigenvalue weighted by Gasteiger charge is -2.33. The molecule has 1 saturated heterocycles. The number of nitrogens with zero attached hydrogens (tertiary/aromatic N) is 4. The second-order valence-corrected chi connectivity index (χ2v) is 8.44. The first-order valence-corrected chi connectivity index (χ1v) is 11.5. The van der Waals surface area contributed by atoms with Crippen LogP contribution >= 0.6 is 0 Å². The molecule has 2 aliphatic heterocycles. The van der Waals surface area contributed by atoms with E-state index in [-0.39, 0.29) is 11.9 Å². The minimum absolute atomic E-state index is 0.0340. The van der Waals surface area contributed by atoms with Crippen molar-refractivity contribution in [2.75, 3.05) is 20.1 Å². The van der Waals surface area contributed by atoms with Gasteiger partial charge in [0.05, 0.1) is 11.7 Å². The number of piperidine rings is 1. The highest BCUT2D eigenvalue weighted by Gasteiger charge is 2.24. The Kier molecular flexibility index (Phi) is 7.50. The lowest BCUT2D eigenvalue weighted by Crippen LogP contribution is -2.36. The fraction of sp³-hybridized carbons (Fsp3) is 0.462. The van der Waals surface area contributed by atoms with E-state index in [0.717, 1.165) is 48.4 Å². The van der Waals surface area contributed by atoms with Gasteiger partial charge in [-0.1, -0.05) is 26.0 Å². The zero-order valence-corrected chi connectivity index (χ0v) is 19.8. The Labute approximate surface area is 186 Å². The van der Waals surface area contributed by atoms with Gasteiger partial charge in [0.15, 0.2) is 0 Å². The molecule has 4 heterocycles. The van der Waals surface area contributed by atoms with Crippen molar-refractivity contribution in [1.82, 2.24) is 19.2 Å². The van der Waals surface area contributed by atoms with Gasteiger partial charge in [-0.15, -0.1) is 0 Å². The van der Waals surface area contributed by atoms with Crippen molar-refractivity contribution in [3.8, 4) is 0 Å². The summed E-state index contributed by atoms with van der Waals surface area (Å²) in [6.07, 6.45) is 14.5. The number of carbonyl (C=O) groups is 1. The second kappa shape index (κ2) is 10.1. The number of amides is 1. The van der Waals surface area contributed by atoms with Gasteiger partial charge in [-0.2, -0.15) is 0 Å². The third kappa shape index (κ3) is 5.34. The summed E-state index contributed by atoms with van der Waals surface area (Å²) in [5.74, 6) is 0.578. The van der Waals surface area contributed by atoms with Crippen molar-refractivity contribution in [2.45, 2.75) is 53.5 Å². The van der Waals surface area contributed by atoms with Gasteiger partial charge in [0, 0.05) is 24.7 Å². The molecule has 5 nitrogen and oxygen atoms in total. The first kappa shape index (κ1) is 23.0. The summed E-state index contributed by atoms with van der Waals surface area (Å²) in [6.45, 7) is 12.3. The molecular weight excluding hydrogens is 384 g/mol. The highest BCUT2D eigenvalue weighted by molar-refractivity contribution is 5.96. The molecule has 0 saturated carbocycles. The fourth-order valence-corrected chi connectivity index (χ4v) is 4.21. The van der Waals surface area contributed by atoms with Gasteiger partial charge in [0.1, 0.15) is 5.65 Å². The Morgan fingerprint density at radius 2 is 1.87 bits per heavy atom. The summed E-state index contributed by atoms with van der Waals surface area (Å²) in [7, 11) is 2.18. The number of fused-ring (bicyclic) bond motifs is 1. The molecule has 0 bridgehead atoms. The molecule has 0 spiro atoms. The van der Waals surface area contributed by atoms with Crippen LogP contribution in [0.1, 0.15) is 51.8 Å². The normalized spacial score (nSPS) is 20.5. The minimum Gasteiger partial charge on any atom is -0.309 e.